The van der Waals surface area contributed by atoms with Gasteiger partial charge in [0.1, 0.15) is 6.54 Å². The fraction of sp³-hybridized carbons (Fsp3) is 0.0952. The Hall–Kier alpha value is -3.18. The zero-order valence-electron chi connectivity index (χ0n) is 14.6. The van der Waals surface area contributed by atoms with Gasteiger partial charge in [0.2, 0.25) is 17.6 Å². The average molecular weight is 380 g/mol. The fourth-order valence-electron chi connectivity index (χ4n) is 2.42. The molecule has 3 aromatic rings. The van der Waals surface area contributed by atoms with Crippen LogP contribution < -0.4 is 0 Å². The monoisotopic (exact) mass is 379 g/mol. The van der Waals surface area contributed by atoms with Gasteiger partial charge < -0.3 is 9.42 Å². The third-order valence-corrected chi connectivity index (χ3v) is 4.03. The molecule has 0 bridgehead atoms. The van der Waals surface area contributed by atoms with Crippen LogP contribution in [0.2, 0.25) is 5.02 Å². The van der Waals surface area contributed by atoms with Gasteiger partial charge >= 0.3 is 0 Å². The number of benzene rings is 2. The Bertz CT molecular complexity index is 934. The first-order valence-corrected chi connectivity index (χ1v) is 8.75. The zero-order valence-corrected chi connectivity index (χ0v) is 15.3. The lowest BCUT2D eigenvalue weighted by Gasteiger charge is -2.16. The van der Waals surface area contributed by atoms with Crippen LogP contribution in [0.3, 0.4) is 0 Å². The summed E-state index contributed by atoms with van der Waals surface area (Å²) in [6, 6.07) is 16.8. The summed E-state index contributed by atoms with van der Waals surface area (Å²) in [5, 5.41) is 4.61. The number of amides is 1. The maximum atomic E-state index is 12.5. The van der Waals surface area contributed by atoms with E-state index in [0.29, 0.717) is 23.3 Å². The van der Waals surface area contributed by atoms with Gasteiger partial charge in [-0.1, -0.05) is 53.2 Å². The van der Waals surface area contributed by atoms with Crippen molar-refractivity contribution in [2.24, 2.45) is 0 Å². The SMILES string of the molecule is C=CCN(Cc1nc(-c2ccc(Cl)cc2)no1)C(=O)/C=C/c1ccccc1. The molecule has 0 saturated heterocycles. The molecule has 0 saturated carbocycles. The molecule has 27 heavy (non-hydrogen) atoms. The number of halogens is 1. The highest BCUT2D eigenvalue weighted by Gasteiger charge is 2.15. The smallest absolute Gasteiger partial charge is 0.247 e. The Morgan fingerprint density at radius 3 is 2.59 bits per heavy atom. The van der Waals surface area contributed by atoms with Crippen LogP contribution in [0.15, 0.2) is 77.9 Å². The van der Waals surface area contributed by atoms with Gasteiger partial charge in [-0.05, 0) is 35.9 Å². The molecule has 2 aromatic carbocycles. The Morgan fingerprint density at radius 2 is 1.89 bits per heavy atom. The molecule has 0 aliphatic carbocycles. The largest absolute Gasteiger partial charge is 0.337 e. The van der Waals surface area contributed by atoms with E-state index in [-0.39, 0.29) is 12.5 Å². The van der Waals surface area contributed by atoms with Crippen molar-refractivity contribution >= 4 is 23.6 Å². The molecule has 136 valence electrons. The highest BCUT2D eigenvalue weighted by molar-refractivity contribution is 6.30. The van der Waals surface area contributed by atoms with Crippen molar-refractivity contribution in [2.75, 3.05) is 6.54 Å². The number of rotatable bonds is 7. The van der Waals surface area contributed by atoms with Crippen molar-refractivity contribution in [1.29, 1.82) is 0 Å². The molecule has 5 nitrogen and oxygen atoms in total. The number of hydrogen-bond donors (Lipinski definition) is 0. The number of hydrogen-bond acceptors (Lipinski definition) is 4. The Morgan fingerprint density at radius 1 is 1.15 bits per heavy atom. The second-order valence-electron chi connectivity index (χ2n) is 5.77. The van der Waals surface area contributed by atoms with Crippen LogP contribution in [-0.4, -0.2) is 27.5 Å². The van der Waals surface area contributed by atoms with E-state index >= 15 is 0 Å². The van der Waals surface area contributed by atoms with Crippen LogP contribution in [0.5, 0.6) is 0 Å². The Balaban J connectivity index is 1.70. The molecule has 0 unspecified atom stereocenters. The molecular weight excluding hydrogens is 362 g/mol. The van der Waals surface area contributed by atoms with Gasteiger partial charge in [-0.15, -0.1) is 6.58 Å². The average Bonchev–Trinajstić information content (AvgIpc) is 3.16. The topological polar surface area (TPSA) is 59.2 Å². The van der Waals surface area contributed by atoms with Crippen molar-refractivity contribution in [3.05, 3.63) is 89.8 Å². The van der Waals surface area contributed by atoms with Gasteiger partial charge in [0.05, 0.1) is 0 Å². The molecule has 0 aliphatic heterocycles. The molecule has 0 aliphatic rings. The zero-order chi connectivity index (χ0) is 19.1. The summed E-state index contributed by atoms with van der Waals surface area (Å²) in [6.07, 6.45) is 4.95. The van der Waals surface area contributed by atoms with E-state index in [1.165, 1.54) is 6.08 Å². The van der Waals surface area contributed by atoms with Gasteiger partial charge in [-0.2, -0.15) is 4.98 Å². The lowest BCUT2D eigenvalue weighted by molar-refractivity contribution is -0.126. The van der Waals surface area contributed by atoms with E-state index < -0.39 is 0 Å². The standard InChI is InChI=1S/C21H18ClN3O2/c1-2-14-25(20(26)13-8-16-6-4-3-5-7-16)15-19-23-21(24-27-19)17-9-11-18(22)12-10-17/h2-13H,1,14-15H2/b13-8+. The van der Waals surface area contributed by atoms with Gasteiger partial charge in [-0.25, -0.2) is 0 Å². The molecule has 1 amide bonds. The lowest BCUT2D eigenvalue weighted by Crippen LogP contribution is -2.29. The summed E-state index contributed by atoms with van der Waals surface area (Å²) in [7, 11) is 0. The summed E-state index contributed by atoms with van der Waals surface area (Å²) >= 11 is 5.89. The Labute approximate surface area is 162 Å². The number of carbonyl (C=O) groups excluding carboxylic acids is 1. The van der Waals surface area contributed by atoms with Crippen LogP contribution in [0.4, 0.5) is 0 Å². The second kappa shape index (κ2) is 8.96. The minimum atomic E-state index is -0.162. The predicted octanol–water partition coefficient (Wildman–Crippen LogP) is 4.62. The third kappa shape index (κ3) is 5.15. The van der Waals surface area contributed by atoms with Crippen molar-refractivity contribution in [1.82, 2.24) is 15.0 Å². The van der Waals surface area contributed by atoms with Crippen LogP contribution in [0.25, 0.3) is 17.5 Å². The van der Waals surface area contributed by atoms with E-state index in [2.05, 4.69) is 16.7 Å². The first-order valence-electron chi connectivity index (χ1n) is 8.37. The van der Waals surface area contributed by atoms with Crippen LogP contribution in [0.1, 0.15) is 11.5 Å². The van der Waals surface area contributed by atoms with E-state index in [1.807, 2.05) is 42.5 Å². The van der Waals surface area contributed by atoms with Crippen LogP contribution >= 0.6 is 11.6 Å². The van der Waals surface area contributed by atoms with Gasteiger partial charge in [0, 0.05) is 23.2 Å². The molecule has 1 heterocycles. The summed E-state index contributed by atoms with van der Waals surface area (Å²) < 4.78 is 5.29. The summed E-state index contributed by atoms with van der Waals surface area (Å²) in [5.74, 6) is 0.640. The molecular formula is C21H18ClN3O2. The van der Waals surface area contributed by atoms with Crippen molar-refractivity contribution in [2.45, 2.75) is 6.54 Å². The maximum Gasteiger partial charge on any atom is 0.247 e. The molecule has 0 radical (unpaired) electrons. The van der Waals surface area contributed by atoms with Crippen molar-refractivity contribution in [3.63, 3.8) is 0 Å². The van der Waals surface area contributed by atoms with Gasteiger partial charge in [0.25, 0.3) is 0 Å². The first-order chi connectivity index (χ1) is 13.2. The summed E-state index contributed by atoms with van der Waals surface area (Å²) in [4.78, 5) is 18.4. The fourth-order valence-corrected chi connectivity index (χ4v) is 2.55. The molecule has 0 N–H and O–H groups in total. The Kier molecular flexibility index (Phi) is 6.18. The van der Waals surface area contributed by atoms with E-state index in [1.54, 1.807) is 29.2 Å². The highest BCUT2D eigenvalue weighted by atomic mass is 35.5. The van der Waals surface area contributed by atoms with Crippen LogP contribution in [-0.2, 0) is 11.3 Å². The second-order valence-corrected chi connectivity index (χ2v) is 6.21. The predicted molar refractivity (Wildman–Crippen MR) is 106 cm³/mol. The molecule has 6 heteroatoms. The highest BCUT2D eigenvalue weighted by Crippen LogP contribution is 2.19. The van der Waals surface area contributed by atoms with Crippen molar-refractivity contribution < 1.29 is 9.32 Å². The lowest BCUT2D eigenvalue weighted by atomic mass is 10.2. The van der Waals surface area contributed by atoms with Gasteiger partial charge in [-0.3, -0.25) is 4.79 Å². The van der Waals surface area contributed by atoms with E-state index in [0.717, 1.165) is 11.1 Å². The van der Waals surface area contributed by atoms with Crippen molar-refractivity contribution in [3.8, 4) is 11.4 Å². The number of aromatic nitrogens is 2. The third-order valence-electron chi connectivity index (χ3n) is 3.78. The normalized spacial score (nSPS) is 10.9. The number of nitrogens with zero attached hydrogens (tertiary/aromatic N) is 3. The minimum absolute atomic E-state index is 0.162. The molecule has 1 aromatic heterocycles. The first kappa shape index (κ1) is 18.6. The number of carbonyl (C=O) groups is 1. The van der Waals surface area contributed by atoms with Gasteiger partial charge in [0.15, 0.2) is 0 Å². The molecule has 0 atom stereocenters. The minimum Gasteiger partial charge on any atom is -0.337 e. The molecule has 0 spiro atoms. The quantitative estimate of drug-likeness (QED) is 0.444. The maximum absolute atomic E-state index is 12.5. The van der Waals surface area contributed by atoms with E-state index in [4.69, 9.17) is 16.1 Å². The molecule has 0 fully saturated rings. The van der Waals surface area contributed by atoms with Crippen LogP contribution in [0, 0.1) is 0 Å². The summed E-state index contributed by atoms with van der Waals surface area (Å²) in [6.45, 7) is 4.28. The summed E-state index contributed by atoms with van der Waals surface area (Å²) in [5.41, 5.74) is 1.74. The van der Waals surface area contributed by atoms with E-state index in [9.17, 15) is 4.79 Å². The molecule has 3 rings (SSSR count).